The predicted octanol–water partition coefficient (Wildman–Crippen LogP) is 5.08. The molecule has 1 rings (SSSR count). The Morgan fingerprint density at radius 2 is 1.61 bits per heavy atom. The van der Waals surface area contributed by atoms with E-state index in [1.807, 2.05) is 26.0 Å². The molecule has 0 saturated heterocycles. The zero-order chi connectivity index (χ0) is 17.2. The molecule has 0 saturated carbocycles. The van der Waals surface area contributed by atoms with Gasteiger partial charge in [0, 0.05) is 7.11 Å². The number of ether oxygens (including phenoxy) is 2. The largest absolute Gasteiger partial charge is 0.456 e. The maximum atomic E-state index is 12.3. The van der Waals surface area contributed by atoms with Crippen LogP contribution >= 0.6 is 0 Å². The number of rotatable bonds is 10. The van der Waals surface area contributed by atoms with Crippen LogP contribution in [0.25, 0.3) is 0 Å². The Labute approximate surface area is 141 Å². The molecule has 0 heterocycles. The van der Waals surface area contributed by atoms with Crippen LogP contribution in [-0.2, 0) is 9.47 Å². The molecule has 0 fully saturated rings. The van der Waals surface area contributed by atoms with E-state index in [2.05, 4.69) is 19.9 Å². The van der Waals surface area contributed by atoms with E-state index in [0.29, 0.717) is 12.2 Å². The average molecular weight is 320 g/mol. The van der Waals surface area contributed by atoms with Crippen LogP contribution in [-0.4, -0.2) is 25.8 Å². The lowest BCUT2D eigenvalue weighted by Crippen LogP contribution is -2.23. The Morgan fingerprint density at radius 3 is 2.17 bits per heavy atom. The summed E-state index contributed by atoms with van der Waals surface area (Å²) in [6, 6.07) is 5.81. The topological polar surface area (TPSA) is 35.5 Å². The lowest BCUT2D eigenvalue weighted by atomic mass is 10.0. The van der Waals surface area contributed by atoms with Crippen LogP contribution < -0.4 is 0 Å². The van der Waals surface area contributed by atoms with Gasteiger partial charge in [-0.1, -0.05) is 50.3 Å². The van der Waals surface area contributed by atoms with Crippen molar-refractivity contribution in [2.75, 3.05) is 13.7 Å². The summed E-state index contributed by atoms with van der Waals surface area (Å²) in [7, 11) is 1.65. The molecule has 1 atom stereocenters. The Bertz CT molecular complexity index is 460. The summed E-state index contributed by atoms with van der Waals surface area (Å²) >= 11 is 0. The third-order valence-corrected chi connectivity index (χ3v) is 3.89. The number of hydrogen-bond donors (Lipinski definition) is 0. The van der Waals surface area contributed by atoms with Gasteiger partial charge in [-0.3, -0.25) is 0 Å². The van der Waals surface area contributed by atoms with Crippen LogP contribution in [0.2, 0.25) is 0 Å². The van der Waals surface area contributed by atoms with Gasteiger partial charge in [-0.25, -0.2) is 4.79 Å². The maximum Gasteiger partial charge on any atom is 0.338 e. The highest BCUT2D eigenvalue weighted by Gasteiger charge is 2.16. The molecule has 3 nitrogen and oxygen atoms in total. The normalized spacial score (nSPS) is 12.4. The second-order valence-electron chi connectivity index (χ2n) is 6.89. The molecule has 0 aliphatic rings. The van der Waals surface area contributed by atoms with E-state index < -0.39 is 0 Å². The van der Waals surface area contributed by atoms with Crippen molar-refractivity contribution in [1.29, 1.82) is 0 Å². The van der Waals surface area contributed by atoms with Crippen LogP contribution in [0.5, 0.6) is 0 Å². The van der Waals surface area contributed by atoms with E-state index in [0.717, 1.165) is 29.9 Å². The van der Waals surface area contributed by atoms with Gasteiger partial charge in [-0.2, -0.15) is 0 Å². The van der Waals surface area contributed by atoms with E-state index in [9.17, 15) is 4.79 Å². The highest BCUT2D eigenvalue weighted by Crippen LogP contribution is 2.15. The molecule has 0 N–H and O–H groups in total. The number of unbranched alkanes of at least 4 members (excludes halogenated alkanes) is 2. The minimum atomic E-state index is -0.249. The quantitative estimate of drug-likeness (QED) is 0.445. The fourth-order valence-corrected chi connectivity index (χ4v) is 2.78. The summed E-state index contributed by atoms with van der Waals surface area (Å²) in [5.41, 5.74) is 2.78. The Balaban J connectivity index is 2.49. The molecule has 0 aromatic heterocycles. The van der Waals surface area contributed by atoms with Crippen LogP contribution in [0.4, 0.5) is 0 Å². The molecule has 3 heteroatoms. The lowest BCUT2D eigenvalue weighted by molar-refractivity contribution is 0.00235. The van der Waals surface area contributed by atoms with Crippen molar-refractivity contribution in [3.8, 4) is 0 Å². The highest BCUT2D eigenvalue weighted by atomic mass is 16.6. The molecule has 0 bridgehead atoms. The molecule has 1 aromatic carbocycles. The van der Waals surface area contributed by atoms with E-state index in [-0.39, 0.29) is 12.1 Å². The second-order valence-corrected chi connectivity index (χ2v) is 6.89. The second kappa shape index (κ2) is 10.4. The van der Waals surface area contributed by atoms with Crippen LogP contribution in [0.3, 0.4) is 0 Å². The first kappa shape index (κ1) is 19.7. The van der Waals surface area contributed by atoms with Crippen molar-refractivity contribution >= 4 is 5.97 Å². The van der Waals surface area contributed by atoms with Gasteiger partial charge < -0.3 is 9.47 Å². The molecule has 0 radical (unpaired) electrons. The molecular formula is C20H32O3. The molecule has 1 aromatic rings. The monoisotopic (exact) mass is 320 g/mol. The number of methoxy groups -OCH3 is 1. The van der Waals surface area contributed by atoms with Gasteiger partial charge in [0.15, 0.2) is 0 Å². The third kappa shape index (κ3) is 8.17. The first-order valence-corrected chi connectivity index (χ1v) is 8.70. The number of benzene rings is 1. The summed E-state index contributed by atoms with van der Waals surface area (Å²) < 4.78 is 10.9. The number of esters is 1. The first-order chi connectivity index (χ1) is 10.9. The number of carbonyl (C=O) groups excluding carboxylic acids is 1. The van der Waals surface area contributed by atoms with Crippen molar-refractivity contribution in [3.63, 3.8) is 0 Å². The Morgan fingerprint density at radius 1 is 1.00 bits per heavy atom. The van der Waals surface area contributed by atoms with Crippen molar-refractivity contribution in [1.82, 2.24) is 0 Å². The van der Waals surface area contributed by atoms with Crippen molar-refractivity contribution in [2.45, 2.75) is 65.9 Å². The van der Waals surface area contributed by atoms with E-state index >= 15 is 0 Å². The minimum Gasteiger partial charge on any atom is -0.456 e. The molecule has 130 valence electrons. The summed E-state index contributed by atoms with van der Waals surface area (Å²) in [4.78, 5) is 12.3. The standard InChI is InChI=1S/C20H32O3/c1-15(2)9-7-6-8-10-19(14-22-5)23-20(21)18-12-16(3)11-17(4)13-18/h11-13,15,19H,6-10,14H2,1-5H3. The fraction of sp³-hybridized carbons (Fsp3) is 0.650. The zero-order valence-corrected chi connectivity index (χ0v) is 15.4. The van der Waals surface area contributed by atoms with Gasteiger partial charge in [-0.15, -0.1) is 0 Å². The van der Waals surface area contributed by atoms with Gasteiger partial charge >= 0.3 is 5.97 Å². The van der Waals surface area contributed by atoms with Crippen molar-refractivity contribution in [2.24, 2.45) is 5.92 Å². The predicted molar refractivity (Wildman–Crippen MR) is 94.9 cm³/mol. The summed E-state index contributed by atoms with van der Waals surface area (Å²) in [6.45, 7) is 8.94. The van der Waals surface area contributed by atoms with Crippen molar-refractivity contribution < 1.29 is 14.3 Å². The van der Waals surface area contributed by atoms with Gasteiger partial charge in [0.25, 0.3) is 0 Å². The summed E-state index contributed by atoms with van der Waals surface area (Å²) in [5, 5.41) is 0. The molecule has 1 unspecified atom stereocenters. The van der Waals surface area contributed by atoms with Crippen molar-refractivity contribution in [3.05, 3.63) is 34.9 Å². The first-order valence-electron chi connectivity index (χ1n) is 8.70. The third-order valence-electron chi connectivity index (χ3n) is 3.89. The summed E-state index contributed by atoms with van der Waals surface area (Å²) in [6.07, 6.45) is 5.45. The number of carbonyl (C=O) groups is 1. The number of hydrogen-bond acceptors (Lipinski definition) is 3. The molecule has 0 aliphatic heterocycles. The van der Waals surface area contributed by atoms with E-state index in [1.165, 1.54) is 19.3 Å². The van der Waals surface area contributed by atoms with Gasteiger partial charge in [0.2, 0.25) is 0 Å². The van der Waals surface area contributed by atoms with Gasteiger partial charge in [0.1, 0.15) is 6.10 Å². The Kier molecular flexibility index (Phi) is 8.93. The maximum absolute atomic E-state index is 12.3. The molecule has 0 aliphatic carbocycles. The lowest BCUT2D eigenvalue weighted by Gasteiger charge is -2.17. The van der Waals surface area contributed by atoms with Gasteiger partial charge in [-0.05, 0) is 44.7 Å². The molecule has 0 amide bonds. The Hall–Kier alpha value is -1.35. The zero-order valence-electron chi connectivity index (χ0n) is 15.4. The van der Waals surface area contributed by atoms with Crippen LogP contribution in [0, 0.1) is 19.8 Å². The number of aryl methyl sites for hydroxylation is 2. The smallest absolute Gasteiger partial charge is 0.338 e. The van der Waals surface area contributed by atoms with E-state index in [1.54, 1.807) is 7.11 Å². The van der Waals surface area contributed by atoms with E-state index in [4.69, 9.17) is 9.47 Å². The van der Waals surface area contributed by atoms with Gasteiger partial charge in [0.05, 0.1) is 12.2 Å². The average Bonchev–Trinajstić information content (AvgIpc) is 2.45. The highest BCUT2D eigenvalue weighted by molar-refractivity contribution is 5.90. The minimum absolute atomic E-state index is 0.160. The molecule has 23 heavy (non-hydrogen) atoms. The SMILES string of the molecule is COCC(CCCCCC(C)C)OC(=O)c1cc(C)cc(C)c1. The molecular weight excluding hydrogens is 288 g/mol. The van der Waals surface area contributed by atoms with Crippen LogP contribution in [0.1, 0.15) is 67.4 Å². The summed E-state index contributed by atoms with van der Waals surface area (Å²) in [5.74, 6) is 0.508. The molecule has 0 spiro atoms. The fourth-order valence-electron chi connectivity index (χ4n) is 2.78. The van der Waals surface area contributed by atoms with Crippen LogP contribution in [0.15, 0.2) is 18.2 Å².